The largest absolute Gasteiger partial charge is 0.508 e. The molecule has 3 heterocycles. The summed E-state index contributed by atoms with van der Waals surface area (Å²) in [6.45, 7) is 16.3. The molecule has 2 aliphatic heterocycles. The first-order chi connectivity index (χ1) is 30.5. The Labute approximate surface area is 374 Å². The summed E-state index contributed by atoms with van der Waals surface area (Å²) in [6.07, 6.45) is 20.5. The molecule has 1 amide bonds. The van der Waals surface area contributed by atoms with Gasteiger partial charge < -0.3 is 25.0 Å². The van der Waals surface area contributed by atoms with Gasteiger partial charge in [-0.3, -0.25) is 4.79 Å². The predicted octanol–water partition coefficient (Wildman–Crippen LogP) is 12.9. The van der Waals surface area contributed by atoms with Gasteiger partial charge in [0.15, 0.2) is 5.71 Å². The number of aromatic amines is 1. The van der Waals surface area contributed by atoms with E-state index in [4.69, 9.17) is 4.74 Å². The van der Waals surface area contributed by atoms with Crippen LogP contribution in [0.2, 0.25) is 0 Å². The van der Waals surface area contributed by atoms with Crippen molar-refractivity contribution in [1.82, 2.24) is 10.3 Å². The van der Waals surface area contributed by atoms with Crippen molar-refractivity contribution in [1.29, 1.82) is 0 Å². The summed E-state index contributed by atoms with van der Waals surface area (Å²) in [6, 6.07) is 30.6. The second kappa shape index (κ2) is 18.7. The first-order valence-electron chi connectivity index (χ1n) is 23.3. The van der Waals surface area contributed by atoms with Crippen molar-refractivity contribution in [2.75, 3.05) is 24.5 Å². The van der Waals surface area contributed by atoms with E-state index in [1.165, 1.54) is 59.6 Å². The number of rotatable bonds is 17. The first kappa shape index (κ1) is 43.6. The molecular formula is C56H65N4O3+. The van der Waals surface area contributed by atoms with Gasteiger partial charge in [-0.1, -0.05) is 102 Å². The maximum atomic E-state index is 14.0. The van der Waals surface area contributed by atoms with Gasteiger partial charge in [0.25, 0.3) is 5.91 Å². The van der Waals surface area contributed by atoms with Crippen LogP contribution >= 0.6 is 0 Å². The molecule has 3 N–H and O–H groups in total. The molecule has 7 nitrogen and oxygen atoms in total. The Morgan fingerprint density at radius 1 is 0.841 bits per heavy atom. The standard InChI is InChI=1S/C56H64N4O3/c1-7-9-17-35-59-48-22-14-12-20-45(48)55(3,4)51(59)31-27-39-25-26-40(28-32-52-56(5,6)46-21-13-15-23-49(46)60(52)36-18-10-8-2)53(39)63-50-24-16-11-19-43(50)54(62)57-34-33-41-38-58-47-30-29-42(61)37-44(41)47/h11-16,19-24,27-32,37-38,58H,7-10,17-18,25-26,33-36H2,1-6H3,(H-,57,61,62)/p+1. The van der Waals surface area contributed by atoms with Gasteiger partial charge in [-0.2, -0.15) is 4.58 Å². The third-order valence-corrected chi connectivity index (χ3v) is 13.5. The molecule has 63 heavy (non-hydrogen) atoms. The molecule has 0 unspecified atom stereocenters. The number of H-pyrrole nitrogens is 1. The minimum atomic E-state index is -0.187. The normalized spacial score (nSPS) is 17.8. The molecule has 4 aromatic carbocycles. The maximum absolute atomic E-state index is 14.0. The van der Waals surface area contributed by atoms with Crippen molar-refractivity contribution in [2.24, 2.45) is 0 Å². The Hall–Kier alpha value is -6.08. The molecule has 5 aromatic rings. The minimum absolute atomic E-state index is 0.162. The van der Waals surface area contributed by atoms with Crippen molar-refractivity contribution in [3.8, 4) is 11.5 Å². The van der Waals surface area contributed by atoms with E-state index in [-0.39, 0.29) is 22.5 Å². The SMILES string of the molecule is CCCCCN1/C(=C/C=C2\CCC(/C=C/C3=[N+](CCCCC)c4ccccc4C3(C)C)=C2Oc2ccccc2C(=O)NCCc2c[nH]c3ccc(O)cc23)C(C)(C)c2ccccc21. The van der Waals surface area contributed by atoms with Crippen molar-refractivity contribution < 1.29 is 19.2 Å². The molecule has 3 aliphatic rings. The van der Waals surface area contributed by atoms with Crippen LogP contribution in [-0.2, 0) is 17.3 Å². The molecule has 326 valence electrons. The van der Waals surface area contributed by atoms with Crippen LogP contribution in [0.1, 0.15) is 120 Å². The molecule has 1 aliphatic carbocycles. The van der Waals surface area contributed by atoms with Crippen LogP contribution in [0.4, 0.5) is 11.4 Å². The number of aromatic hydroxyl groups is 1. The molecule has 0 saturated heterocycles. The molecule has 0 bridgehead atoms. The quantitative estimate of drug-likeness (QED) is 0.0643. The second-order valence-electron chi connectivity index (χ2n) is 18.5. The number of carbonyl (C=O) groups excluding carboxylic acids is 1. The lowest BCUT2D eigenvalue weighted by molar-refractivity contribution is -0.438. The van der Waals surface area contributed by atoms with Gasteiger partial charge in [-0.15, -0.1) is 0 Å². The minimum Gasteiger partial charge on any atom is -0.508 e. The third kappa shape index (κ3) is 8.80. The number of nitrogens with one attached hydrogen (secondary N) is 2. The average Bonchev–Trinajstić information content (AvgIpc) is 3.98. The molecule has 7 heteroatoms. The number of nitrogens with zero attached hydrogens (tertiary/aromatic N) is 2. The van der Waals surface area contributed by atoms with Crippen LogP contribution in [0.3, 0.4) is 0 Å². The Kier molecular flexibility index (Phi) is 12.9. The van der Waals surface area contributed by atoms with Crippen LogP contribution in [0.25, 0.3) is 10.9 Å². The number of carbonyl (C=O) groups is 1. The number of hydrogen-bond acceptors (Lipinski definition) is 4. The third-order valence-electron chi connectivity index (χ3n) is 13.5. The van der Waals surface area contributed by atoms with Crippen LogP contribution in [0, 0.1) is 0 Å². The van der Waals surface area contributed by atoms with E-state index in [0.717, 1.165) is 72.1 Å². The lowest BCUT2D eigenvalue weighted by atomic mass is 9.81. The van der Waals surface area contributed by atoms with Crippen molar-refractivity contribution in [2.45, 2.75) is 110 Å². The molecule has 0 saturated carbocycles. The van der Waals surface area contributed by atoms with Gasteiger partial charge in [0.1, 0.15) is 23.8 Å². The van der Waals surface area contributed by atoms with Crippen LogP contribution in [0.5, 0.6) is 11.5 Å². The van der Waals surface area contributed by atoms with E-state index in [1.54, 1.807) is 12.1 Å². The summed E-state index contributed by atoms with van der Waals surface area (Å²) >= 11 is 0. The number of allylic oxidation sites excluding steroid dienone is 7. The monoisotopic (exact) mass is 842 g/mol. The Balaban J connectivity index is 1.15. The highest BCUT2D eigenvalue weighted by atomic mass is 16.5. The topological polar surface area (TPSA) is 80.6 Å². The van der Waals surface area contributed by atoms with Crippen LogP contribution in [-0.4, -0.2) is 45.9 Å². The number of amides is 1. The molecule has 0 fully saturated rings. The highest BCUT2D eigenvalue weighted by Crippen LogP contribution is 2.48. The molecular weight excluding hydrogens is 777 g/mol. The number of phenols is 1. The van der Waals surface area contributed by atoms with E-state index < -0.39 is 0 Å². The van der Waals surface area contributed by atoms with Gasteiger partial charge in [-0.25, -0.2) is 0 Å². The zero-order chi connectivity index (χ0) is 44.1. The summed E-state index contributed by atoms with van der Waals surface area (Å²) in [5.74, 6) is 1.39. The second-order valence-corrected chi connectivity index (χ2v) is 18.5. The van der Waals surface area contributed by atoms with Gasteiger partial charge in [-0.05, 0) is 117 Å². The van der Waals surface area contributed by atoms with Crippen molar-refractivity contribution in [3.05, 3.63) is 166 Å². The van der Waals surface area contributed by atoms with E-state index in [2.05, 4.69) is 134 Å². The maximum Gasteiger partial charge on any atom is 0.255 e. The Morgan fingerprint density at radius 2 is 1.59 bits per heavy atom. The number of anilines is 1. The van der Waals surface area contributed by atoms with Crippen LogP contribution < -0.4 is 15.0 Å². The highest BCUT2D eigenvalue weighted by Gasteiger charge is 2.44. The van der Waals surface area contributed by atoms with Gasteiger partial charge in [0, 0.05) is 71.1 Å². The average molecular weight is 842 g/mol. The smallest absolute Gasteiger partial charge is 0.255 e. The summed E-state index contributed by atoms with van der Waals surface area (Å²) in [5.41, 5.74) is 12.3. The fourth-order valence-corrected chi connectivity index (χ4v) is 9.95. The molecule has 0 radical (unpaired) electrons. The van der Waals surface area contributed by atoms with E-state index in [9.17, 15) is 9.90 Å². The lowest BCUT2D eigenvalue weighted by Gasteiger charge is -2.27. The fraction of sp³-hybridized carbons (Fsp3) is 0.357. The van der Waals surface area contributed by atoms with E-state index in [1.807, 2.05) is 36.5 Å². The first-order valence-corrected chi connectivity index (χ1v) is 23.3. The molecule has 8 rings (SSSR count). The number of benzene rings is 4. The lowest BCUT2D eigenvalue weighted by Crippen LogP contribution is -2.28. The van der Waals surface area contributed by atoms with Gasteiger partial charge >= 0.3 is 0 Å². The van der Waals surface area contributed by atoms with Gasteiger partial charge in [0.05, 0.1) is 11.0 Å². The number of fused-ring (bicyclic) bond motifs is 3. The number of para-hydroxylation sites is 3. The molecule has 1 aromatic heterocycles. The summed E-state index contributed by atoms with van der Waals surface area (Å²) < 4.78 is 9.58. The fourth-order valence-electron chi connectivity index (χ4n) is 9.95. The summed E-state index contributed by atoms with van der Waals surface area (Å²) in [4.78, 5) is 19.8. The van der Waals surface area contributed by atoms with Crippen molar-refractivity contribution in [3.63, 3.8) is 0 Å². The molecule has 0 spiro atoms. The zero-order valence-corrected chi connectivity index (χ0v) is 38.2. The Bertz CT molecular complexity index is 2650. The Morgan fingerprint density at radius 3 is 2.41 bits per heavy atom. The highest BCUT2D eigenvalue weighted by molar-refractivity contribution is 6.03. The number of phenolic OH excluding ortho intramolecular Hbond substituents is 1. The summed E-state index contributed by atoms with van der Waals surface area (Å²) in [7, 11) is 0. The number of ether oxygens (including phenoxy) is 1. The van der Waals surface area contributed by atoms with Gasteiger partial charge in [0.2, 0.25) is 5.69 Å². The number of unbranched alkanes of at least 4 members (excludes halogenated alkanes) is 4. The predicted molar refractivity (Wildman–Crippen MR) is 260 cm³/mol. The van der Waals surface area contributed by atoms with Crippen LogP contribution in [0.15, 0.2) is 144 Å². The number of aromatic nitrogens is 1. The zero-order valence-electron chi connectivity index (χ0n) is 38.2. The summed E-state index contributed by atoms with van der Waals surface area (Å²) in [5, 5.41) is 14.2. The molecule has 0 atom stereocenters. The van der Waals surface area contributed by atoms with E-state index >= 15 is 0 Å². The number of hydrogen-bond donors (Lipinski definition) is 3. The van der Waals surface area contributed by atoms with E-state index in [0.29, 0.717) is 24.3 Å². The van der Waals surface area contributed by atoms with Crippen molar-refractivity contribution >= 4 is 33.9 Å².